The standard InChI is InChI=1S/C50H36N2OS/c1-50(2)43-14-8-6-12-38(43)41-29-36(23-25-44(41)50)52(37-24-27-47-42(30-37)39-13-7-9-15-46(39)54-47)35-21-18-31(19-22-35)34-17-16-32-20-26-45-48(40(32)28-34)53-49(51-45)33-10-4-3-5-11-33/h3-18,20-21,23-30H,19,22H2,1-2H3. The van der Waals surface area contributed by atoms with Gasteiger partial charge in [-0.05, 0) is 118 Å². The Bertz CT molecular complexity index is 3030. The monoisotopic (exact) mass is 712 g/mol. The van der Waals surface area contributed by atoms with Crippen LogP contribution in [0, 0.1) is 0 Å². The third-order valence-electron chi connectivity index (χ3n) is 11.6. The van der Waals surface area contributed by atoms with Gasteiger partial charge in [0.2, 0.25) is 5.89 Å². The second-order valence-corrected chi connectivity index (χ2v) is 16.2. The van der Waals surface area contributed by atoms with Crippen LogP contribution in [0.15, 0.2) is 168 Å². The molecule has 0 amide bonds. The molecule has 54 heavy (non-hydrogen) atoms. The maximum atomic E-state index is 6.43. The van der Waals surface area contributed by atoms with Crippen LogP contribution >= 0.6 is 11.3 Å². The number of oxazole rings is 1. The highest BCUT2D eigenvalue weighted by atomic mass is 32.1. The maximum absolute atomic E-state index is 6.43. The molecule has 2 heterocycles. The van der Waals surface area contributed by atoms with Gasteiger partial charge in [0, 0.05) is 53.6 Å². The van der Waals surface area contributed by atoms with E-state index in [1.165, 1.54) is 70.6 Å². The summed E-state index contributed by atoms with van der Waals surface area (Å²) in [7, 11) is 0. The smallest absolute Gasteiger partial charge is 0.227 e. The van der Waals surface area contributed by atoms with Gasteiger partial charge in [-0.25, -0.2) is 4.98 Å². The Morgan fingerprint density at radius 2 is 1.35 bits per heavy atom. The summed E-state index contributed by atoms with van der Waals surface area (Å²) in [5.41, 5.74) is 14.3. The summed E-state index contributed by atoms with van der Waals surface area (Å²) in [6.45, 7) is 4.70. The predicted octanol–water partition coefficient (Wildman–Crippen LogP) is 14.2. The van der Waals surface area contributed by atoms with E-state index in [4.69, 9.17) is 9.40 Å². The van der Waals surface area contributed by atoms with Gasteiger partial charge < -0.3 is 9.32 Å². The van der Waals surface area contributed by atoms with Crippen LogP contribution in [0.1, 0.15) is 43.4 Å². The fraction of sp³-hybridized carbons (Fsp3) is 0.100. The molecule has 4 heteroatoms. The van der Waals surface area contributed by atoms with Crippen LogP contribution in [0.25, 0.3) is 70.2 Å². The molecule has 0 aliphatic heterocycles. The molecule has 7 aromatic carbocycles. The quantitative estimate of drug-likeness (QED) is 0.178. The lowest BCUT2D eigenvalue weighted by Gasteiger charge is -2.31. The fourth-order valence-corrected chi connectivity index (χ4v) is 9.93. The van der Waals surface area contributed by atoms with Gasteiger partial charge in [0.05, 0.1) is 0 Å². The number of benzene rings is 7. The Morgan fingerprint density at radius 3 is 2.24 bits per heavy atom. The number of fused-ring (bicyclic) bond motifs is 9. The first-order valence-electron chi connectivity index (χ1n) is 18.7. The van der Waals surface area contributed by atoms with Gasteiger partial charge in [-0.1, -0.05) is 105 Å². The topological polar surface area (TPSA) is 29.3 Å². The van der Waals surface area contributed by atoms with Gasteiger partial charge in [-0.2, -0.15) is 0 Å². The third kappa shape index (κ3) is 4.83. The maximum Gasteiger partial charge on any atom is 0.227 e. The van der Waals surface area contributed by atoms with Crippen LogP contribution in [-0.4, -0.2) is 4.98 Å². The van der Waals surface area contributed by atoms with Crippen molar-refractivity contribution in [1.82, 2.24) is 4.98 Å². The van der Waals surface area contributed by atoms with Crippen molar-refractivity contribution in [1.29, 1.82) is 0 Å². The summed E-state index contributed by atoms with van der Waals surface area (Å²) < 4.78 is 9.07. The Labute approximate surface area is 318 Å². The molecular weight excluding hydrogens is 677 g/mol. The Morgan fingerprint density at radius 1 is 0.593 bits per heavy atom. The molecule has 0 saturated carbocycles. The molecule has 0 saturated heterocycles. The second-order valence-electron chi connectivity index (χ2n) is 15.1. The van der Waals surface area contributed by atoms with E-state index in [1.807, 2.05) is 41.7 Å². The summed E-state index contributed by atoms with van der Waals surface area (Å²) >= 11 is 1.87. The van der Waals surface area contributed by atoms with E-state index in [9.17, 15) is 0 Å². The van der Waals surface area contributed by atoms with Crippen LogP contribution in [0.2, 0.25) is 0 Å². The molecule has 0 fully saturated rings. The molecule has 0 N–H and O–H groups in total. The van der Waals surface area contributed by atoms with Crippen molar-refractivity contribution in [3.05, 3.63) is 180 Å². The van der Waals surface area contributed by atoms with Gasteiger partial charge in [-0.15, -0.1) is 11.3 Å². The number of anilines is 2. The van der Waals surface area contributed by atoms with E-state index in [2.05, 4.69) is 146 Å². The van der Waals surface area contributed by atoms with Crippen LogP contribution in [0.3, 0.4) is 0 Å². The Balaban J connectivity index is 1.03. The zero-order valence-corrected chi connectivity index (χ0v) is 31.0. The largest absolute Gasteiger partial charge is 0.435 e. The van der Waals surface area contributed by atoms with Crippen molar-refractivity contribution in [2.75, 3.05) is 4.90 Å². The lowest BCUT2D eigenvalue weighted by Crippen LogP contribution is -2.19. The van der Waals surface area contributed by atoms with Crippen molar-refractivity contribution in [2.24, 2.45) is 0 Å². The highest BCUT2D eigenvalue weighted by Crippen LogP contribution is 2.51. The van der Waals surface area contributed by atoms with Crippen LogP contribution in [0.5, 0.6) is 0 Å². The fourth-order valence-electron chi connectivity index (χ4n) is 8.84. The average molecular weight is 713 g/mol. The predicted molar refractivity (Wildman–Crippen MR) is 228 cm³/mol. The molecule has 2 aliphatic rings. The molecule has 0 atom stereocenters. The van der Waals surface area contributed by atoms with Crippen molar-refractivity contribution < 1.29 is 4.42 Å². The molecule has 258 valence electrons. The van der Waals surface area contributed by atoms with Crippen molar-refractivity contribution in [3.63, 3.8) is 0 Å². The average Bonchev–Trinajstić information content (AvgIpc) is 3.89. The van der Waals surface area contributed by atoms with Gasteiger partial charge in [-0.3, -0.25) is 0 Å². The van der Waals surface area contributed by atoms with Crippen molar-refractivity contribution >= 4 is 70.3 Å². The first-order chi connectivity index (χ1) is 26.5. The van der Waals surface area contributed by atoms with E-state index < -0.39 is 0 Å². The van der Waals surface area contributed by atoms with E-state index in [0.29, 0.717) is 5.89 Å². The summed E-state index contributed by atoms with van der Waals surface area (Å²) in [6.07, 6.45) is 6.51. The van der Waals surface area contributed by atoms with Gasteiger partial charge in [0.15, 0.2) is 5.58 Å². The lowest BCUT2D eigenvalue weighted by atomic mass is 9.82. The van der Waals surface area contributed by atoms with Crippen LogP contribution in [-0.2, 0) is 5.41 Å². The first-order valence-corrected chi connectivity index (χ1v) is 19.6. The Hall–Kier alpha value is -6.23. The van der Waals surface area contributed by atoms with Gasteiger partial charge in [0.25, 0.3) is 0 Å². The minimum Gasteiger partial charge on any atom is -0.435 e. The number of allylic oxidation sites excluding steroid dienone is 4. The summed E-state index contributed by atoms with van der Waals surface area (Å²) in [6, 6.07) is 52.9. The molecule has 0 spiro atoms. The highest BCUT2D eigenvalue weighted by molar-refractivity contribution is 7.25. The normalized spacial score (nSPS) is 14.7. The molecule has 11 rings (SSSR count). The molecule has 0 unspecified atom stereocenters. The third-order valence-corrected chi connectivity index (χ3v) is 12.8. The Kier molecular flexibility index (Phi) is 6.90. The highest BCUT2D eigenvalue weighted by Gasteiger charge is 2.35. The van der Waals surface area contributed by atoms with Gasteiger partial charge >= 0.3 is 0 Å². The number of hydrogen-bond acceptors (Lipinski definition) is 4. The van der Waals surface area contributed by atoms with Gasteiger partial charge in [0.1, 0.15) is 5.52 Å². The molecule has 2 aromatic heterocycles. The number of nitrogens with zero attached hydrogens (tertiary/aromatic N) is 2. The molecular formula is C50H36N2OS. The summed E-state index contributed by atoms with van der Waals surface area (Å²) in [5, 5.41) is 4.87. The molecule has 0 radical (unpaired) electrons. The zero-order chi connectivity index (χ0) is 36.0. The summed E-state index contributed by atoms with van der Waals surface area (Å²) in [5.74, 6) is 0.653. The minimum absolute atomic E-state index is 0.0359. The van der Waals surface area contributed by atoms with Crippen LogP contribution < -0.4 is 4.90 Å². The molecule has 2 aliphatic carbocycles. The second kappa shape index (κ2) is 11.9. The minimum atomic E-state index is -0.0359. The molecule has 3 nitrogen and oxygen atoms in total. The molecule has 0 bridgehead atoms. The first kappa shape index (κ1) is 31.3. The van der Waals surface area contributed by atoms with E-state index in [-0.39, 0.29) is 5.41 Å². The number of hydrogen-bond donors (Lipinski definition) is 0. The number of aromatic nitrogens is 1. The SMILES string of the molecule is CC1(C)c2ccccc2-c2cc(N(C3=CC=C(c4ccc5ccc6nc(-c7ccccc7)oc6c5c4)CC3)c3ccc4sc5ccccc5c4c3)ccc21. The van der Waals surface area contributed by atoms with E-state index >= 15 is 0 Å². The molecule has 9 aromatic rings. The summed E-state index contributed by atoms with van der Waals surface area (Å²) in [4.78, 5) is 7.34. The van der Waals surface area contributed by atoms with Crippen molar-refractivity contribution in [3.8, 4) is 22.6 Å². The van der Waals surface area contributed by atoms with E-state index in [0.717, 1.165) is 40.3 Å². The lowest BCUT2D eigenvalue weighted by molar-refractivity contribution is 0.623. The number of thiophene rings is 1. The van der Waals surface area contributed by atoms with Crippen molar-refractivity contribution in [2.45, 2.75) is 32.1 Å². The zero-order valence-electron chi connectivity index (χ0n) is 30.1. The van der Waals surface area contributed by atoms with Crippen LogP contribution in [0.4, 0.5) is 11.4 Å². The number of rotatable bonds is 5. The van der Waals surface area contributed by atoms with E-state index in [1.54, 1.807) is 0 Å².